The highest BCUT2D eigenvalue weighted by atomic mass is 19.1. The molecule has 3 amide bonds. The summed E-state index contributed by atoms with van der Waals surface area (Å²) in [5, 5.41) is 2.34. The summed E-state index contributed by atoms with van der Waals surface area (Å²) < 4.78 is 18.8. The minimum absolute atomic E-state index is 0.0312. The molecule has 1 N–H and O–H groups in total. The van der Waals surface area contributed by atoms with Gasteiger partial charge < -0.3 is 9.64 Å². The summed E-state index contributed by atoms with van der Waals surface area (Å²) in [5.41, 5.74) is -0.984. The van der Waals surface area contributed by atoms with Crippen molar-refractivity contribution in [2.75, 3.05) is 13.2 Å². The van der Waals surface area contributed by atoms with E-state index in [0.29, 0.717) is 12.8 Å². The molecule has 0 bridgehead atoms. The van der Waals surface area contributed by atoms with Crippen LogP contribution in [0.5, 0.6) is 5.75 Å². The minimum Gasteiger partial charge on any atom is -0.481 e. The van der Waals surface area contributed by atoms with Crippen LogP contribution in [0, 0.1) is 5.82 Å². The summed E-state index contributed by atoms with van der Waals surface area (Å²) >= 11 is 0. The molecule has 7 heteroatoms. The zero-order valence-corrected chi connectivity index (χ0v) is 13.2. The predicted octanol–water partition coefficient (Wildman–Crippen LogP) is 1.39. The van der Waals surface area contributed by atoms with Crippen molar-refractivity contribution in [3.05, 3.63) is 30.1 Å². The number of rotatable bonds is 3. The summed E-state index contributed by atoms with van der Waals surface area (Å²) in [6.45, 7) is -0.589. The molecule has 0 aromatic heterocycles. The Balaban J connectivity index is 1.76. The van der Waals surface area contributed by atoms with Gasteiger partial charge in [-0.25, -0.2) is 4.39 Å². The number of nitrogens with zero attached hydrogens (tertiary/aromatic N) is 1. The van der Waals surface area contributed by atoms with Gasteiger partial charge in [0.1, 0.15) is 12.1 Å². The lowest BCUT2D eigenvalue weighted by molar-refractivity contribution is -0.161. The molecule has 1 aromatic rings. The lowest BCUT2D eigenvalue weighted by Gasteiger charge is -2.47. The first-order valence-corrected chi connectivity index (χ1v) is 8.05. The summed E-state index contributed by atoms with van der Waals surface area (Å²) in [6, 6.07) is 5.78. The van der Waals surface area contributed by atoms with E-state index in [2.05, 4.69) is 5.32 Å². The monoisotopic (exact) mass is 334 g/mol. The van der Waals surface area contributed by atoms with Gasteiger partial charge in [0.25, 0.3) is 11.8 Å². The largest absolute Gasteiger partial charge is 0.481 e. The fourth-order valence-corrected chi connectivity index (χ4v) is 3.44. The van der Waals surface area contributed by atoms with E-state index in [4.69, 9.17) is 4.74 Å². The predicted molar refractivity (Wildman–Crippen MR) is 82.6 cm³/mol. The molecule has 1 heterocycles. The highest BCUT2D eigenvalue weighted by Gasteiger charge is 2.50. The number of benzene rings is 1. The topological polar surface area (TPSA) is 75.7 Å². The second-order valence-electron chi connectivity index (χ2n) is 6.17. The van der Waals surface area contributed by atoms with Gasteiger partial charge >= 0.3 is 0 Å². The Morgan fingerprint density at radius 2 is 1.92 bits per heavy atom. The average Bonchev–Trinajstić information content (AvgIpc) is 2.58. The maximum atomic E-state index is 13.6. The van der Waals surface area contributed by atoms with Crippen molar-refractivity contribution in [3.63, 3.8) is 0 Å². The van der Waals surface area contributed by atoms with E-state index < -0.39 is 35.7 Å². The van der Waals surface area contributed by atoms with E-state index in [1.54, 1.807) is 6.07 Å². The van der Waals surface area contributed by atoms with Crippen LogP contribution in [0.3, 0.4) is 0 Å². The Kier molecular flexibility index (Phi) is 4.51. The first-order valence-electron chi connectivity index (χ1n) is 8.05. The Morgan fingerprint density at radius 3 is 2.62 bits per heavy atom. The standard InChI is InChI=1S/C17H19FN2O4/c18-12-6-2-3-7-13(12)24-11-15(22)20-10-14(21)19-16(23)17(20)8-4-1-5-9-17/h2-3,6-7H,1,4-5,8-11H2,(H,19,21,23). The molecular formula is C17H19FN2O4. The van der Waals surface area contributed by atoms with Gasteiger partial charge in [-0.3, -0.25) is 19.7 Å². The molecule has 1 saturated heterocycles. The van der Waals surface area contributed by atoms with E-state index in [1.807, 2.05) is 0 Å². The number of imide groups is 1. The Labute approximate surface area is 139 Å². The van der Waals surface area contributed by atoms with Crippen LogP contribution in [0.1, 0.15) is 32.1 Å². The van der Waals surface area contributed by atoms with Crippen molar-refractivity contribution in [2.24, 2.45) is 0 Å². The first kappa shape index (κ1) is 16.4. The van der Waals surface area contributed by atoms with Crippen LogP contribution in [0.15, 0.2) is 24.3 Å². The smallest absolute Gasteiger partial charge is 0.261 e. The molecule has 1 saturated carbocycles. The Bertz CT molecular complexity index is 670. The highest BCUT2D eigenvalue weighted by Crippen LogP contribution is 2.35. The third-order valence-corrected chi connectivity index (χ3v) is 4.66. The van der Waals surface area contributed by atoms with Crippen molar-refractivity contribution in [2.45, 2.75) is 37.6 Å². The quantitative estimate of drug-likeness (QED) is 0.848. The fourth-order valence-electron chi connectivity index (χ4n) is 3.44. The molecule has 128 valence electrons. The van der Waals surface area contributed by atoms with Crippen molar-refractivity contribution in [1.82, 2.24) is 10.2 Å². The summed E-state index contributed by atoms with van der Waals surface area (Å²) in [7, 11) is 0. The van der Waals surface area contributed by atoms with Gasteiger partial charge in [-0.05, 0) is 25.0 Å². The number of carbonyl (C=O) groups excluding carboxylic acids is 3. The molecule has 2 aliphatic rings. The number of para-hydroxylation sites is 1. The van der Waals surface area contributed by atoms with Gasteiger partial charge in [0.15, 0.2) is 18.2 Å². The third kappa shape index (κ3) is 2.98. The van der Waals surface area contributed by atoms with Crippen LogP contribution >= 0.6 is 0 Å². The highest BCUT2D eigenvalue weighted by molar-refractivity contribution is 6.06. The zero-order chi connectivity index (χ0) is 17.2. The van der Waals surface area contributed by atoms with Gasteiger partial charge in [-0.15, -0.1) is 0 Å². The average molecular weight is 334 g/mol. The molecule has 1 aromatic carbocycles. The number of halogens is 1. The van der Waals surface area contributed by atoms with Crippen LogP contribution in [-0.4, -0.2) is 41.3 Å². The van der Waals surface area contributed by atoms with Gasteiger partial charge in [0.05, 0.1) is 0 Å². The van der Waals surface area contributed by atoms with E-state index in [-0.39, 0.29) is 12.3 Å². The fraction of sp³-hybridized carbons (Fsp3) is 0.471. The lowest BCUT2D eigenvalue weighted by Crippen LogP contribution is -2.69. The SMILES string of the molecule is O=C1CN(C(=O)COc2ccccc2F)C2(CCCCC2)C(=O)N1. The summed E-state index contributed by atoms with van der Waals surface area (Å²) in [5.74, 6) is -2.00. The number of ether oxygens (including phenoxy) is 1. The zero-order valence-electron chi connectivity index (χ0n) is 13.2. The molecular weight excluding hydrogens is 315 g/mol. The maximum Gasteiger partial charge on any atom is 0.261 e. The number of hydrogen-bond acceptors (Lipinski definition) is 4. The second-order valence-corrected chi connectivity index (χ2v) is 6.17. The molecule has 3 rings (SSSR count). The molecule has 6 nitrogen and oxygen atoms in total. The molecule has 0 unspecified atom stereocenters. The number of carbonyl (C=O) groups is 3. The lowest BCUT2D eigenvalue weighted by atomic mass is 9.78. The molecule has 0 atom stereocenters. The van der Waals surface area contributed by atoms with Crippen molar-refractivity contribution >= 4 is 17.7 Å². The number of amides is 3. The van der Waals surface area contributed by atoms with Gasteiger partial charge in [-0.1, -0.05) is 31.4 Å². The van der Waals surface area contributed by atoms with Crippen LogP contribution in [0.25, 0.3) is 0 Å². The molecule has 1 aliphatic heterocycles. The van der Waals surface area contributed by atoms with Crippen molar-refractivity contribution in [3.8, 4) is 5.75 Å². The summed E-state index contributed by atoms with van der Waals surface area (Å²) in [4.78, 5) is 38.0. The molecule has 24 heavy (non-hydrogen) atoms. The second kappa shape index (κ2) is 6.59. The first-order chi connectivity index (χ1) is 11.5. The van der Waals surface area contributed by atoms with Crippen LogP contribution in [0.2, 0.25) is 0 Å². The van der Waals surface area contributed by atoms with E-state index in [9.17, 15) is 18.8 Å². The van der Waals surface area contributed by atoms with Crippen LogP contribution < -0.4 is 10.1 Å². The summed E-state index contributed by atoms with van der Waals surface area (Å²) in [6.07, 6.45) is 3.69. The number of piperazine rings is 1. The number of nitrogens with one attached hydrogen (secondary N) is 1. The molecule has 1 spiro atoms. The van der Waals surface area contributed by atoms with Gasteiger partial charge in [0, 0.05) is 0 Å². The van der Waals surface area contributed by atoms with Crippen molar-refractivity contribution in [1.29, 1.82) is 0 Å². The van der Waals surface area contributed by atoms with Crippen molar-refractivity contribution < 1.29 is 23.5 Å². The molecule has 0 radical (unpaired) electrons. The third-order valence-electron chi connectivity index (χ3n) is 4.66. The normalized spacial score (nSPS) is 20.0. The van der Waals surface area contributed by atoms with Gasteiger partial charge in [-0.2, -0.15) is 0 Å². The number of hydrogen-bond donors (Lipinski definition) is 1. The van der Waals surface area contributed by atoms with Gasteiger partial charge in [0.2, 0.25) is 5.91 Å². The van der Waals surface area contributed by atoms with E-state index >= 15 is 0 Å². The molecule has 1 aliphatic carbocycles. The maximum absolute atomic E-state index is 13.6. The van der Waals surface area contributed by atoms with Crippen LogP contribution in [0.4, 0.5) is 4.39 Å². The van der Waals surface area contributed by atoms with E-state index in [1.165, 1.54) is 23.1 Å². The van der Waals surface area contributed by atoms with Crippen LogP contribution in [-0.2, 0) is 14.4 Å². The van der Waals surface area contributed by atoms with E-state index in [0.717, 1.165) is 19.3 Å². The Hall–Kier alpha value is -2.44. The Morgan fingerprint density at radius 1 is 1.21 bits per heavy atom. The minimum atomic E-state index is -0.984. The molecule has 2 fully saturated rings.